The molecule has 3 aliphatic rings. The highest BCUT2D eigenvalue weighted by atomic mass is 16.2. The van der Waals surface area contributed by atoms with Gasteiger partial charge in [0.25, 0.3) is 0 Å². The van der Waals surface area contributed by atoms with Gasteiger partial charge in [-0.1, -0.05) is 32.1 Å². The summed E-state index contributed by atoms with van der Waals surface area (Å²) in [5.41, 5.74) is 0. The molecular formula is C19H33N3O2. The fourth-order valence-electron chi connectivity index (χ4n) is 4.46. The Hall–Kier alpha value is -1.10. The maximum absolute atomic E-state index is 12.6. The number of piperidine rings is 1. The van der Waals surface area contributed by atoms with E-state index in [4.69, 9.17) is 0 Å². The molecule has 0 atom stereocenters. The van der Waals surface area contributed by atoms with Crippen LogP contribution < -0.4 is 5.32 Å². The van der Waals surface area contributed by atoms with Crippen molar-refractivity contribution in [2.24, 2.45) is 11.8 Å². The van der Waals surface area contributed by atoms with Crippen LogP contribution in [0.5, 0.6) is 0 Å². The Labute approximate surface area is 146 Å². The molecule has 0 unspecified atom stereocenters. The van der Waals surface area contributed by atoms with Crippen LogP contribution in [0, 0.1) is 11.8 Å². The minimum absolute atomic E-state index is 0.194. The second-order valence-corrected chi connectivity index (χ2v) is 7.77. The van der Waals surface area contributed by atoms with Gasteiger partial charge in [0.15, 0.2) is 0 Å². The highest BCUT2D eigenvalue weighted by Crippen LogP contribution is 2.27. The molecule has 2 heterocycles. The fraction of sp³-hybridized carbons (Fsp3) is 0.895. The number of hydrogen-bond donors (Lipinski definition) is 1. The first-order chi connectivity index (χ1) is 11.7. The monoisotopic (exact) mass is 335 g/mol. The summed E-state index contributed by atoms with van der Waals surface area (Å²) in [6.45, 7) is 4.79. The molecule has 5 nitrogen and oxygen atoms in total. The summed E-state index contributed by atoms with van der Waals surface area (Å²) in [7, 11) is 0. The van der Waals surface area contributed by atoms with Crippen molar-refractivity contribution in [1.82, 2.24) is 15.1 Å². The third-order valence-corrected chi connectivity index (χ3v) is 6.12. The smallest absolute Gasteiger partial charge is 0.225 e. The lowest BCUT2D eigenvalue weighted by Crippen LogP contribution is -2.52. The Balaban J connectivity index is 1.37. The van der Waals surface area contributed by atoms with Crippen LogP contribution in [0.1, 0.15) is 57.8 Å². The van der Waals surface area contributed by atoms with Crippen LogP contribution in [0.4, 0.5) is 0 Å². The molecule has 5 heteroatoms. The minimum Gasteiger partial charge on any atom is -0.339 e. The maximum Gasteiger partial charge on any atom is 0.225 e. The van der Waals surface area contributed by atoms with Crippen LogP contribution in [0.2, 0.25) is 0 Å². The van der Waals surface area contributed by atoms with Gasteiger partial charge in [0.05, 0.1) is 0 Å². The van der Waals surface area contributed by atoms with Crippen LogP contribution >= 0.6 is 0 Å². The van der Waals surface area contributed by atoms with Crippen LogP contribution in [0.15, 0.2) is 0 Å². The van der Waals surface area contributed by atoms with Crippen molar-refractivity contribution in [2.75, 3.05) is 39.3 Å². The molecule has 0 aromatic rings. The van der Waals surface area contributed by atoms with E-state index in [1.54, 1.807) is 0 Å². The van der Waals surface area contributed by atoms with Gasteiger partial charge >= 0.3 is 0 Å². The van der Waals surface area contributed by atoms with E-state index < -0.39 is 0 Å². The number of nitrogens with zero attached hydrogens (tertiary/aromatic N) is 2. The van der Waals surface area contributed by atoms with Gasteiger partial charge in [0, 0.05) is 38.5 Å². The number of rotatable bonds is 4. The zero-order chi connectivity index (χ0) is 16.8. The lowest BCUT2D eigenvalue weighted by molar-refractivity contribution is -0.142. The van der Waals surface area contributed by atoms with Gasteiger partial charge in [0.2, 0.25) is 11.8 Å². The molecule has 3 fully saturated rings. The van der Waals surface area contributed by atoms with Crippen molar-refractivity contribution < 1.29 is 9.59 Å². The molecule has 0 aromatic heterocycles. The molecule has 3 rings (SSSR count). The summed E-state index contributed by atoms with van der Waals surface area (Å²) >= 11 is 0. The van der Waals surface area contributed by atoms with Gasteiger partial charge in [-0.25, -0.2) is 0 Å². The molecule has 1 aliphatic carbocycles. The summed E-state index contributed by atoms with van der Waals surface area (Å²) in [6.07, 6.45) is 10.4. The molecule has 2 amide bonds. The Morgan fingerprint density at radius 1 is 0.833 bits per heavy atom. The van der Waals surface area contributed by atoms with Crippen molar-refractivity contribution in [1.29, 1.82) is 0 Å². The number of amides is 2. The first-order valence-corrected chi connectivity index (χ1v) is 10.0. The number of nitrogens with one attached hydrogen (secondary N) is 1. The lowest BCUT2D eigenvalue weighted by Gasteiger charge is -2.37. The van der Waals surface area contributed by atoms with Gasteiger partial charge in [-0.3, -0.25) is 9.59 Å². The molecule has 24 heavy (non-hydrogen) atoms. The van der Waals surface area contributed by atoms with Gasteiger partial charge in [-0.15, -0.1) is 0 Å². The van der Waals surface area contributed by atoms with E-state index in [2.05, 4.69) is 5.32 Å². The average Bonchev–Trinajstić information content (AvgIpc) is 2.67. The molecule has 0 spiro atoms. The number of piperazine rings is 1. The second-order valence-electron chi connectivity index (χ2n) is 7.77. The minimum atomic E-state index is 0.194. The molecule has 0 aromatic carbocycles. The Bertz CT molecular complexity index is 420. The van der Waals surface area contributed by atoms with Crippen molar-refractivity contribution >= 4 is 11.8 Å². The van der Waals surface area contributed by atoms with Crippen LogP contribution in [-0.4, -0.2) is 60.9 Å². The van der Waals surface area contributed by atoms with Crippen LogP contribution in [0.3, 0.4) is 0 Å². The third kappa shape index (κ3) is 4.71. The van der Waals surface area contributed by atoms with Gasteiger partial charge in [0.1, 0.15) is 0 Å². The summed E-state index contributed by atoms with van der Waals surface area (Å²) < 4.78 is 0. The summed E-state index contributed by atoms with van der Waals surface area (Å²) in [6, 6.07) is 0. The van der Waals surface area contributed by atoms with E-state index in [1.165, 1.54) is 32.1 Å². The molecule has 1 N–H and O–H groups in total. The van der Waals surface area contributed by atoms with Crippen LogP contribution in [-0.2, 0) is 9.59 Å². The maximum atomic E-state index is 12.6. The van der Waals surface area contributed by atoms with Crippen molar-refractivity contribution in [3.05, 3.63) is 0 Å². The molecule has 0 radical (unpaired) electrons. The largest absolute Gasteiger partial charge is 0.339 e. The normalized spacial score (nSPS) is 24.2. The summed E-state index contributed by atoms with van der Waals surface area (Å²) in [4.78, 5) is 29.0. The van der Waals surface area contributed by atoms with E-state index in [1.807, 2.05) is 9.80 Å². The fourth-order valence-corrected chi connectivity index (χ4v) is 4.46. The van der Waals surface area contributed by atoms with Gasteiger partial charge in [-0.2, -0.15) is 0 Å². The Morgan fingerprint density at radius 3 is 2.12 bits per heavy atom. The SMILES string of the molecule is O=C(CCC1CCCCC1)N1CCN(C(=O)C2CCNCC2)CC1. The van der Waals surface area contributed by atoms with Gasteiger partial charge in [-0.05, 0) is 38.3 Å². The van der Waals surface area contributed by atoms with E-state index in [-0.39, 0.29) is 5.92 Å². The Kier molecular flexibility index (Phi) is 6.52. The molecule has 0 bridgehead atoms. The lowest BCUT2D eigenvalue weighted by atomic mass is 9.86. The molecule has 1 saturated carbocycles. The highest BCUT2D eigenvalue weighted by Gasteiger charge is 2.29. The predicted molar refractivity (Wildman–Crippen MR) is 94.6 cm³/mol. The molecular weight excluding hydrogens is 302 g/mol. The van der Waals surface area contributed by atoms with Gasteiger partial charge < -0.3 is 15.1 Å². The highest BCUT2D eigenvalue weighted by molar-refractivity contribution is 5.80. The topological polar surface area (TPSA) is 52.7 Å². The first kappa shape index (κ1) is 17.7. The number of carbonyl (C=O) groups is 2. The van der Waals surface area contributed by atoms with E-state index in [9.17, 15) is 9.59 Å². The quantitative estimate of drug-likeness (QED) is 0.855. The molecule has 2 saturated heterocycles. The van der Waals surface area contributed by atoms with Crippen molar-refractivity contribution in [3.63, 3.8) is 0 Å². The third-order valence-electron chi connectivity index (χ3n) is 6.12. The second kappa shape index (κ2) is 8.84. The number of carbonyl (C=O) groups excluding carboxylic acids is 2. The molecule has 2 aliphatic heterocycles. The predicted octanol–water partition coefficient (Wildman–Crippen LogP) is 2.02. The zero-order valence-corrected chi connectivity index (χ0v) is 15.0. The van der Waals surface area contributed by atoms with Crippen molar-refractivity contribution in [2.45, 2.75) is 57.8 Å². The average molecular weight is 335 g/mol. The van der Waals surface area contributed by atoms with Crippen LogP contribution in [0.25, 0.3) is 0 Å². The standard InChI is InChI=1S/C19H33N3O2/c23-18(7-6-16-4-2-1-3-5-16)21-12-14-22(15-13-21)19(24)17-8-10-20-11-9-17/h16-17,20H,1-15H2. The number of hydrogen-bond acceptors (Lipinski definition) is 3. The Morgan fingerprint density at radius 2 is 1.46 bits per heavy atom. The molecule has 136 valence electrons. The van der Waals surface area contributed by atoms with E-state index >= 15 is 0 Å². The van der Waals surface area contributed by atoms with E-state index in [0.29, 0.717) is 18.2 Å². The summed E-state index contributed by atoms with van der Waals surface area (Å²) in [5.74, 6) is 1.57. The van der Waals surface area contributed by atoms with Crippen molar-refractivity contribution in [3.8, 4) is 0 Å². The summed E-state index contributed by atoms with van der Waals surface area (Å²) in [5, 5.41) is 3.31. The van der Waals surface area contributed by atoms with E-state index in [0.717, 1.165) is 64.4 Å². The first-order valence-electron chi connectivity index (χ1n) is 10.0. The zero-order valence-electron chi connectivity index (χ0n) is 15.0.